The lowest BCUT2D eigenvalue weighted by Crippen LogP contribution is -2.42. The normalized spacial score (nSPS) is 11.9. The number of nitrogens with one attached hydrogen (secondary N) is 2. The number of phenols is 1. The SMILES string of the molecule is O=C(Cn1c(=O)[nH]c2ccccc2c1=O)N[C@H](C(=O)O)c1ccc(O)cc1. The Morgan fingerprint density at radius 1 is 1.07 bits per heavy atom. The first-order valence-corrected chi connectivity index (χ1v) is 7.90. The predicted molar refractivity (Wildman–Crippen MR) is 95.5 cm³/mol. The van der Waals surface area contributed by atoms with Crippen molar-refractivity contribution in [2.75, 3.05) is 0 Å². The summed E-state index contributed by atoms with van der Waals surface area (Å²) in [6.45, 7) is -0.638. The molecule has 138 valence electrons. The molecule has 0 aliphatic rings. The summed E-state index contributed by atoms with van der Waals surface area (Å²) in [6.07, 6.45) is 0. The Morgan fingerprint density at radius 3 is 2.41 bits per heavy atom. The van der Waals surface area contributed by atoms with Crippen LogP contribution in [-0.4, -0.2) is 31.6 Å². The number of phenolic OH excluding ortho intramolecular Hbond substituents is 1. The molecule has 9 heteroatoms. The number of aliphatic carboxylic acids is 1. The van der Waals surface area contributed by atoms with Crippen molar-refractivity contribution in [3.8, 4) is 5.75 Å². The Labute approximate surface area is 151 Å². The van der Waals surface area contributed by atoms with Crippen molar-refractivity contribution in [1.29, 1.82) is 0 Å². The third kappa shape index (κ3) is 3.71. The van der Waals surface area contributed by atoms with Gasteiger partial charge in [-0.05, 0) is 29.8 Å². The fraction of sp³-hybridized carbons (Fsp3) is 0.111. The number of hydrogen-bond acceptors (Lipinski definition) is 5. The minimum absolute atomic E-state index is 0.0523. The van der Waals surface area contributed by atoms with E-state index in [4.69, 9.17) is 0 Å². The molecule has 0 fully saturated rings. The Bertz CT molecular complexity index is 1130. The summed E-state index contributed by atoms with van der Waals surface area (Å²) in [5.74, 6) is -2.20. The summed E-state index contributed by atoms with van der Waals surface area (Å²) < 4.78 is 0.702. The predicted octanol–water partition coefficient (Wildman–Crippen LogP) is 0.337. The molecule has 3 aromatic rings. The monoisotopic (exact) mass is 369 g/mol. The first kappa shape index (κ1) is 17.9. The lowest BCUT2D eigenvalue weighted by Gasteiger charge is -2.15. The molecule has 0 aliphatic carbocycles. The van der Waals surface area contributed by atoms with E-state index in [0.29, 0.717) is 10.1 Å². The van der Waals surface area contributed by atoms with Gasteiger partial charge in [0, 0.05) is 0 Å². The van der Waals surface area contributed by atoms with Crippen molar-refractivity contribution in [1.82, 2.24) is 14.9 Å². The fourth-order valence-corrected chi connectivity index (χ4v) is 2.65. The molecule has 2 aromatic carbocycles. The van der Waals surface area contributed by atoms with Gasteiger partial charge in [0.05, 0.1) is 10.9 Å². The van der Waals surface area contributed by atoms with Gasteiger partial charge in [-0.15, -0.1) is 0 Å². The largest absolute Gasteiger partial charge is 0.508 e. The van der Waals surface area contributed by atoms with Gasteiger partial charge in [0.1, 0.15) is 12.3 Å². The van der Waals surface area contributed by atoms with Crippen LogP contribution in [0.4, 0.5) is 0 Å². The molecule has 1 aromatic heterocycles. The number of rotatable bonds is 5. The van der Waals surface area contributed by atoms with Crippen LogP contribution < -0.4 is 16.6 Å². The highest BCUT2D eigenvalue weighted by Gasteiger charge is 2.23. The topological polar surface area (TPSA) is 141 Å². The van der Waals surface area contributed by atoms with Crippen LogP contribution in [0, 0.1) is 0 Å². The summed E-state index contributed by atoms with van der Waals surface area (Å²) in [7, 11) is 0. The molecule has 1 atom stereocenters. The van der Waals surface area contributed by atoms with Crippen molar-refractivity contribution < 1.29 is 19.8 Å². The molecule has 27 heavy (non-hydrogen) atoms. The van der Waals surface area contributed by atoms with Crippen LogP contribution in [-0.2, 0) is 16.1 Å². The summed E-state index contributed by atoms with van der Waals surface area (Å²) in [4.78, 5) is 50.8. The zero-order valence-corrected chi connectivity index (χ0v) is 13.9. The van der Waals surface area contributed by atoms with Crippen molar-refractivity contribution >= 4 is 22.8 Å². The van der Waals surface area contributed by atoms with Crippen LogP contribution in [0.25, 0.3) is 10.9 Å². The smallest absolute Gasteiger partial charge is 0.330 e. The van der Waals surface area contributed by atoms with Gasteiger partial charge in [-0.3, -0.25) is 14.2 Å². The minimum atomic E-state index is -1.40. The van der Waals surface area contributed by atoms with Gasteiger partial charge in [-0.1, -0.05) is 24.3 Å². The van der Waals surface area contributed by atoms with Gasteiger partial charge in [0.25, 0.3) is 5.56 Å². The lowest BCUT2D eigenvalue weighted by molar-refractivity contribution is -0.142. The van der Waals surface area contributed by atoms with Crippen molar-refractivity contribution in [2.24, 2.45) is 0 Å². The molecule has 9 nitrogen and oxygen atoms in total. The number of nitrogens with zero attached hydrogens (tertiary/aromatic N) is 1. The zero-order valence-electron chi connectivity index (χ0n) is 13.9. The number of aromatic nitrogens is 2. The second kappa shape index (κ2) is 7.16. The van der Waals surface area contributed by atoms with E-state index in [1.807, 2.05) is 0 Å². The number of aromatic amines is 1. The van der Waals surface area contributed by atoms with Gasteiger partial charge in [-0.25, -0.2) is 9.59 Å². The summed E-state index contributed by atoms with van der Waals surface area (Å²) in [5.41, 5.74) is -0.851. The molecular formula is C18H15N3O6. The molecule has 1 amide bonds. The number of hydrogen-bond donors (Lipinski definition) is 4. The molecule has 0 radical (unpaired) electrons. The fourth-order valence-electron chi connectivity index (χ4n) is 2.65. The summed E-state index contributed by atoms with van der Waals surface area (Å²) >= 11 is 0. The quantitative estimate of drug-likeness (QED) is 0.511. The van der Waals surface area contributed by atoms with E-state index in [9.17, 15) is 29.4 Å². The second-order valence-electron chi connectivity index (χ2n) is 5.80. The Morgan fingerprint density at radius 2 is 1.74 bits per heavy atom. The van der Waals surface area contributed by atoms with Crippen LogP contribution in [0.15, 0.2) is 58.1 Å². The second-order valence-corrected chi connectivity index (χ2v) is 5.80. The first-order valence-electron chi connectivity index (χ1n) is 7.90. The zero-order chi connectivity index (χ0) is 19.6. The lowest BCUT2D eigenvalue weighted by atomic mass is 10.1. The van der Waals surface area contributed by atoms with Gasteiger partial charge in [0.15, 0.2) is 6.04 Å². The van der Waals surface area contributed by atoms with E-state index in [0.717, 1.165) is 0 Å². The number of H-pyrrole nitrogens is 1. The molecule has 3 rings (SSSR count). The first-order chi connectivity index (χ1) is 12.9. The standard InChI is InChI=1S/C18H15N3O6/c22-11-7-5-10(6-8-11)15(17(25)26)20-14(23)9-21-16(24)12-3-1-2-4-13(12)19-18(21)27/h1-8,15,22H,9H2,(H,19,27)(H,20,23)(H,25,26)/t15-/m0/s1. The third-order valence-electron chi connectivity index (χ3n) is 3.97. The minimum Gasteiger partial charge on any atom is -0.508 e. The molecule has 0 saturated heterocycles. The number of para-hydroxylation sites is 1. The summed E-state index contributed by atoms with van der Waals surface area (Å²) in [5, 5.41) is 21.1. The number of carbonyl (C=O) groups is 2. The van der Waals surface area contributed by atoms with Crippen molar-refractivity contribution in [3.63, 3.8) is 0 Å². The Kier molecular flexibility index (Phi) is 4.75. The Hall–Kier alpha value is -3.88. The number of fused-ring (bicyclic) bond motifs is 1. The molecular weight excluding hydrogens is 354 g/mol. The van der Waals surface area contributed by atoms with Gasteiger partial charge in [-0.2, -0.15) is 0 Å². The number of aromatic hydroxyl groups is 1. The number of carboxylic acids is 1. The van der Waals surface area contributed by atoms with E-state index in [-0.39, 0.29) is 16.7 Å². The van der Waals surface area contributed by atoms with Crippen molar-refractivity contribution in [2.45, 2.75) is 12.6 Å². The maximum absolute atomic E-state index is 12.4. The molecule has 0 saturated carbocycles. The molecule has 0 spiro atoms. The van der Waals surface area contributed by atoms with Crippen LogP contribution in [0.1, 0.15) is 11.6 Å². The van der Waals surface area contributed by atoms with E-state index in [1.165, 1.54) is 30.3 Å². The number of amides is 1. The van der Waals surface area contributed by atoms with Gasteiger partial charge >= 0.3 is 11.7 Å². The van der Waals surface area contributed by atoms with Crippen LogP contribution in [0.5, 0.6) is 5.75 Å². The third-order valence-corrected chi connectivity index (χ3v) is 3.97. The molecule has 1 heterocycles. The number of carbonyl (C=O) groups excluding carboxylic acids is 1. The Balaban J connectivity index is 1.87. The average Bonchev–Trinajstić information content (AvgIpc) is 2.64. The highest BCUT2D eigenvalue weighted by atomic mass is 16.4. The van der Waals surface area contributed by atoms with Crippen LogP contribution in [0.3, 0.4) is 0 Å². The maximum atomic E-state index is 12.4. The van der Waals surface area contributed by atoms with Crippen LogP contribution in [0.2, 0.25) is 0 Å². The van der Waals surface area contributed by atoms with E-state index >= 15 is 0 Å². The van der Waals surface area contributed by atoms with Crippen molar-refractivity contribution in [3.05, 3.63) is 74.9 Å². The van der Waals surface area contributed by atoms with E-state index in [1.54, 1.807) is 18.2 Å². The highest BCUT2D eigenvalue weighted by Crippen LogP contribution is 2.17. The average molecular weight is 369 g/mol. The number of benzene rings is 2. The van der Waals surface area contributed by atoms with Crippen LogP contribution >= 0.6 is 0 Å². The highest BCUT2D eigenvalue weighted by molar-refractivity contribution is 5.84. The molecule has 0 bridgehead atoms. The molecule has 4 N–H and O–H groups in total. The molecule has 0 unspecified atom stereocenters. The van der Waals surface area contributed by atoms with Gasteiger partial charge < -0.3 is 20.5 Å². The van der Waals surface area contributed by atoms with E-state index < -0.39 is 35.7 Å². The summed E-state index contributed by atoms with van der Waals surface area (Å²) in [6, 6.07) is 10.2. The van der Waals surface area contributed by atoms with E-state index in [2.05, 4.69) is 10.3 Å². The molecule has 0 aliphatic heterocycles. The number of carboxylic acid groups (broad SMARTS) is 1. The van der Waals surface area contributed by atoms with Gasteiger partial charge in [0.2, 0.25) is 5.91 Å². The maximum Gasteiger partial charge on any atom is 0.330 e.